The van der Waals surface area contributed by atoms with E-state index in [0.29, 0.717) is 19.0 Å². The summed E-state index contributed by atoms with van der Waals surface area (Å²) in [5.74, 6) is -0.437. The molecule has 0 saturated heterocycles. The average molecular weight is 286 g/mol. The first kappa shape index (κ1) is 13.9. The lowest BCUT2D eigenvalue weighted by Crippen LogP contribution is -2.22. The lowest BCUT2D eigenvalue weighted by atomic mass is 9.98. The van der Waals surface area contributed by atoms with Crippen molar-refractivity contribution in [2.45, 2.75) is 18.9 Å². The van der Waals surface area contributed by atoms with Crippen molar-refractivity contribution >= 4 is 5.69 Å². The minimum atomic E-state index is -0.571. The second kappa shape index (κ2) is 5.74. The third-order valence-corrected chi connectivity index (χ3v) is 4.06. The van der Waals surface area contributed by atoms with Gasteiger partial charge in [0.05, 0.1) is 0 Å². The minimum absolute atomic E-state index is 0.304. The Hall–Kier alpha value is -2.07. The summed E-state index contributed by atoms with van der Waals surface area (Å²) in [6, 6.07) is 12.9. The number of rotatable bonds is 4. The Balaban J connectivity index is 1.84. The van der Waals surface area contributed by atoms with Gasteiger partial charge in [-0.1, -0.05) is 24.3 Å². The highest BCUT2D eigenvalue weighted by atomic mass is 19.1. The molecule has 0 fully saturated rings. The zero-order valence-electron chi connectivity index (χ0n) is 11.8. The maximum absolute atomic E-state index is 13.5. The summed E-state index contributed by atoms with van der Waals surface area (Å²) >= 11 is 0. The number of hydrogen-bond donors (Lipinski definition) is 2. The van der Waals surface area contributed by atoms with Gasteiger partial charge in [0, 0.05) is 24.7 Å². The number of nitrogens with two attached hydrogens (primary N) is 1. The molecule has 3 rings (SSSR count). The van der Waals surface area contributed by atoms with Gasteiger partial charge in [0.25, 0.3) is 0 Å². The Kier molecular flexibility index (Phi) is 3.80. The van der Waals surface area contributed by atoms with E-state index in [1.165, 1.54) is 23.4 Å². The van der Waals surface area contributed by atoms with Crippen LogP contribution in [-0.4, -0.2) is 18.2 Å². The average Bonchev–Trinajstić information content (AvgIpc) is 2.82. The molecule has 1 unspecified atom stereocenters. The number of halogens is 1. The van der Waals surface area contributed by atoms with E-state index >= 15 is 0 Å². The van der Waals surface area contributed by atoms with E-state index in [9.17, 15) is 9.50 Å². The van der Waals surface area contributed by atoms with Gasteiger partial charge in [0.2, 0.25) is 0 Å². The van der Waals surface area contributed by atoms with E-state index in [1.807, 2.05) is 12.1 Å². The molecule has 1 heterocycles. The van der Waals surface area contributed by atoms with Gasteiger partial charge in [-0.15, -0.1) is 0 Å². The Morgan fingerprint density at radius 3 is 2.81 bits per heavy atom. The molecule has 3 N–H and O–H groups in total. The summed E-state index contributed by atoms with van der Waals surface area (Å²) in [6.07, 6.45) is 0.956. The van der Waals surface area contributed by atoms with Gasteiger partial charge in [-0.2, -0.15) is 0 Å². The molecule has 4 heteroatoms. The Labute approximate surface area is 123 Å². The molecule has 1 aliphatic rings. The van der Waals surface area contributed by atoms with E-state index < -0.39 is 5.82 Å². The van der Waals surface area contributed by atoms with Crippen LogP contribution in [-0.2, 0) is 6.54 Å². The Morgan fingerprint density at radius 1 is 1.24 bits per heavy atom. The lowest BCUT2D eigenvalue weighted by molar-refractivity contribution is 0.431. The number of phenols is 1. The molecule has 1 aliphatic heterocycles. The summed E-state index contributed by atoms with van der Waals surface area (Å²) in [5, 5.41) is 9.27. The van der Waals surface area contributed by atoms with Crippen molar-refractivity contribution in [2.24, 2.45) is 5.73 Å². The van der Waals surface area contributed by atoms with Crippen molar-refractivity contribution in [3.63, 3.8) is 0 Å². The van der Waals surface area contributed by atoms with Gasteiger partial charge in [-0.25, -0.2) is 4.39 Å². The van der Waals surface area contributed by atoms with E-state index in [1.54, 1.807) is 6.07 Å². The molecule has 0 bridgehead atoms. The summed E-state index contributed by atoms with van der Waals surface area (Å²) in [4.78, 5) is 2.25. The fourth-order valence-corrected chi connectivity index (χ4v) is 3.05. The minimum Gasteiger partial charge on any atom is -0.505 e. The van der Waals surface area contributed by atoms with Crippen LogP contribution in [0.4, 0.5) is 10.1 Å². The molecule has 3 nitrogen and oxygen atoms in total. The van der Waals surface area contributed by atoms with Crippen LogP contribution in [0.5, 0.6) is 5.75 Å². The maximum Gasteiger partial charge on any atom is 0.165 e. The molecular weight excluding hydrogens is 267 g/mol. The van der Waals surface area contributed by atoms with Gasteiger partial charge < -0.3 is 15.7 Å². The largest absolute Gasteiger partial charge is 0.505 e. The van der Waals surface area contributed by atoms with Crippen LogP contribution in [0.3, 0.4) is 0 Å². The third-order valence-electron chi connectivity index (χ3n) is 4.06. The van der Waals surface area contributed by atoms with Crippen LogP contribution in [0.2, 0.25) is 0 Å². The smallest absolute Gasteiger partial charge is 0.165 e. The molecule has 0 aromatic heterocycles. The number of nitrogens with zero attached hydrogens (tertiary/aromatic N) is 1. The van der Waals surface area contributed by atoms with E-state index in [2.05, 4.69) is 17.0 Å². The molecule has 21 heavy (non-hydrogen) atoms. The Bertz CT molecular complexity index is 644. The van der Waals surface area contributed by atoms with Crippen LogP contribution >= 0.6 is 0 Å². The van der Waals surface area contributed by atoms with Crippen molar-refractivity contribution in [3.05, 3.63) is 59.4 Å². The monoisotopic (exact) mass is 286 g/mol. The predicted octanol–water partition coefficient (Wildman–Crippen LogP) is 2.98. The molecular formula is C17H19FN2O. The standard InChI is InChI=1S/C17H19FN2O/c18-15-9-12(5-6-17(15)21)10-20-11-13(7-8-19)14-3-1-2-4-16(14)20/h1-6,9,13,21H,7-8,10-11,19H2. The molecule has 0 radical (unpaired) electrons. The third kappa shape index (κ3) is 2.72. The van der Waals surface area contributed by atoms with Crippen LogP contribution < -0.4 is 10.6 Å². The predicted molar refractivity (Wildman–Crippen MR) is 82.0 cm³/mol. The molecule has 0 spiro atoms. The quantitative estimate of drug-likeness (QED) is 0.908. The number of anilines is 1. The first-order valence-electron chi connectivity index (χ1n) is 7.20. The number of phenolic OH excluding ortho intramolecular Hbond substituents is 1. The van der Waals surface area contributed by atoms with Gasteiger partial charge >= 0.3 is 0 Å². The van der Waals surface area contributed by atoms with Gasteiger partial charge in [-0.3, -0.25) is 0 Å². The topological polar surface area (TPSA) is 49.5 Å². The van der Waals surface area contributed by atoms with E-state index in [0.717, 1.165) is 18.5 Å². The molecule has 2 aromatic rings. The highest BCUT2D eigenvalue weighted by Gasteiger charge is 2.27. The molecule has 0 saturated carbocycles. The van der Waals surface area contributed by atoms with Crippen molar-refractivity contribution in [1.29, 1.82) is 0 Å². The summed E-state index contributed by atoms with van der Waals surface area (Å²) in [7, 11) is 0. The summed E-state index contributed by atoms with van der Waals surface area (Å²) in [5.41, 5.74) is 9.08. The van der Waals surface area contributed by atoms with Crippen LogP contribution in [0.15, 0.2) is 42.5 Å². The first-order valence-corrected chi connectivity index (χ1v) is 7.20. The van der Waals surface area contributed by atoms with E-state index in [4.69, 9.17) is 5.73 Å². The maximum atomic E-state index is 13.5. The fourth-order valence-electron chi connectivity index (χ4n) is 3.05. The number of aromatic hydroxyl groups is 1. The van der Waals surface area contributed by atoms with Crippen molar-refractivity contribution in [2.75, 3.05) is 18.0 Å². The van der Waals surface area contributed by atoms with Gasteiger partial charge in [0.15, 0.2) is 11.6 Å². The van der Waals surface area contributed by atoms with Crippen LogP contribution in [0.25, 0.3) is 0 Å². The highest BCUT2D eigenvalue weighted by molar-refractivity contribution is 5.60. The second-order valence-corrected chi connectivity index (χ2v) is 5.50. The van der Waals surface area contributed by atoms with Crippen molar-refractivity contribution in [1.82, 2.24) is 0 Å². The summed E-state index contributed by atoms with van der Waals surface area (Å²) in [6.45, 7) is 2.20. The first-order chi connectivity index (χ1) is 10.2. The number of hydrogen-bond acceptors (Lipinski definition) is 3. The zero-order chi connectivity index (χ0) is 14.8. The number of benzene rings is 2. The molecule has 2 aromatic carbocycles. The number of para-hydroxylation sites is 1. The van der Waals surface area contributed by atoms with Crippen LogP contribution in [0.1, 0.15) is 23.5 Å². The fraction of sp³-hybridized carbons (Fsp3) is 0.294. The second-order valence-electron chi connectivity index (χ2n) is 5.50. The summed E-state index contributed by atoms with van der Waals surface area (Å²) < 4.78 is 13.5. The Morgan fingerprint density at radius 2 is 2.05 bits per heavy atom. The zero-order valence-corrected chi connectivity index (χ0v) is 11.8. The molecule has 0 amide bonds. The molecule has 110 valence electrons. The van der Waals surface area contributed by atoms with Gasteiger partial charge in [-0.05, 0) is 42.3 Å². The SMILES string of the molecule is NCCC1CN(Cc2ccc(O)c(F)c2)c2ccccc21. The molecule has 0 aliphatic carbocycles. The normalized spacial score (nSPS) is 17.0. The highest BCUT2D eigenvalue weighted by Crippen LogP contribution is 2.38. The van der Waals surface area contributed by atoms with Crippen molar-refractivity contribution < 1.29 is 9.50 Å². The van der Waals surface area contributed by atoms with Crippen LogP contribution in [0, 0.1) is 5.82 Å². The number of fused-ring (bicyclic) bond motifs is 1. The van der Waals surface area contributed by atoms with E-state index in [-0.39, 0.29) is 5.75 Å². The van der Waals surface area contributed by atoms with Crippen molar-refractivity contribution in [3.8, 4) is 5.75 Å². The lowest BCUT2D eigenvalue weighted by Gasteiger charge is -2.20. The molecule has 1 atom stereocenters. The van der Waals surface area contributed by atoms with Gasteiger partial charge in [0.1, 0.15) is 0 Å².